The second-order valence-electron chi connectivity index (χ2n) is 3.43. The number of nitrogens with zero attached hydrogens (tertiary/aromatic N) is 1. The van der Waals surface area contributed by atoms with Gasteiger partial charge in [0.05, 0.1) is 11.0 Å². The van der Waals surface area contributed by atoms with Gasteiger partial charge in [-0.05, 0) is 34.1 Å². The van der Waals surface area contributed by atoms with E-state index in [0.717, 1.165) is 0 Å². The Morgan fingerprint density at radius 2 is 2.19 bits per heavy atom. The van der Waals surface area contributed by atoms with Crippen molar-refractivity contribution in [2.45, 2.75) is 4.20 Å². The molecule has 0 radical (unpaired) electrons. The van der Waals surface area contributed by atoms with Crippen molar-refractivity contribution < 1.29 is 9.18 Å². The van der Waals surface area contributed by atoms with E-state index in [2.05, 4.69) is 46.5 Å². The van der Waals surface area contributed by atoms with Crippen LogP contribution in [0.25, 0.3) is 0 Å². The molecule has 86 valence electrons. The molecule has 0 aliphatic carbocycles. The molecule has 16 heavy (non-hydrogen) atoms. The first-order valence-corrected chi connectivity index (χ1v) is 6.07. The smallest absolute Gasteiger partial charge is 0.313 e. The number of nitrogens with one attached hydrogen (secondary N) is 1. The van der Waals surface area contributed by atoms with Crippen LogP contribution in [-0.4, -0.2) is 16.8 Å². The molecule has 2 rings (SSSR count). The molecule has 1 heterocycles. The number of hydrogen-bond donors (Lipinski definition) is 3. The van der Waals surface area contributed by atoms with Crippen LogP contribution in [0.15, 0.2) is 22.7 Å². The van der Waals surface area contributed by atoms with Crippen LogP contribution in [-0.2, 0) is 0 Å². The van der Waals surface area contributed by atoms with Crippen LogP contribution >= 0.6 is 41.2 Å². The minimum absolute atomic E-state index is 0.263. The Labute approximate surface area is 111 Å². The average Bonchev–Trinajstić information content (AvgIpc) is 2.45. The second-order valence-corrected chi connectivity index (χ2v) is 6.17. The number of rotatable bonds is 1. The van der Waals surface area contributed by atoms with Crippen molar-refractivity contribution in [2.24, 2.45) is 0 Å². The van der Waals surface area contributed by atoms with Crippen LogP contribution in [0.2, 0.25) is 0 Å². The Hall–Kier alpha value is -0.400. The third kappa shape index (κ3) is 2.31. The lowest BCUT2D eigenvalue weighted by molar-refractivity contribution is 0.251. The highest BCUT2D eigenvalue weighted by Crippen LogP contribution is 2.30. The van der Waals surface area contributed by atoms with Crippen LogP contribution in [0, 0.1) is 5.82 Å². The van der Waals surface area contributed by atoms with E-state index in [-0.39, 0.29) is 12.6 Å². The predicted octanol–water partition coefficient (Wildman–Crippen LogP) is 2.63. The van der Waals surface area contributed by atoms with Crippen molar-refractivity contribution in [3.05, 3.63) is 28.5 Å². The molecule has 0 bridgehead atoms. The molecule has 1 aromatic rings. The lowest BCUT2D eigenvalue weighted by atomic mass is 10.3. The van der Waals surface area contributed by atoms with E-state index in [1.54, 1.807) is 12.1 Å². The van der Waals surface area contributed by atoms with Crippen LogP contribution < -0.4 is 10.2 Å². The van der Waals surface area contributed by atoms with Gasteiger partial charge < -0.3 is 5.32 Å². The molecule has 7 heteroatoms. The normalized spacial score (nSPS) is 18.8. The summed E-state index contributed by atoms with van der Waals surface area (Å²) in [6, 6.07) is 4.14. The molecule has 1 aliphatic rings. The maximum absolute atomic E-state index is 13.3. The van der Waals surface area contributed by atoms with Gasteiger partial charge in [-0.15, -0.1) is 25.3 Å². The minimum atomic E-state index is -0.888. The van der Waals surface area contributed by atoms with Gasteiger partial charge in [0, 0.05) is 5.69 Å². The fourth-order valence-corrected chi connectivity index (χ4v) is 2.15. The fraction of sp³-hybridized carbons (Fsp3) is 0.222. The largest absolute Gasteiger partial charge is 0.323 e. The Kier molecular flexibility index (Phi) is 3.11. The lowest BCUT2D eigenvalue weighted by Gasteiger charge is -2.16. The zero-order valence-electron chi connectivity index (χ0n) is 7.94. The summed E-state index contributed by atoms with van der Waals surface area (Å²) in [6.07, 6.45) is 0. The quantitative estimate of drug-likeness (QED) is 0.539. The maximum Gasteiger partial charge on any atom is 0.323 e. The standard InChI is InChI=1S/C9H8BrFN2OS2/c10-6-2-1-5(3-7(6)11)13-4-9(15,16)12-8(13)14/h1-3,15-16H,4H2,(H,12,14). The zero-order chi connectivity index (χ0) is 11.9. The Bertz CT molecular complexity index is 455. The summed E-state index contributed by atoms with van der Waals surface area (Å²) in [5, 5.41) is 2.56. The molecule has 0 aromatic heterocycles. The summed E-state index contributed by atoms with van der Waals surface area (Å²) in [5.74, 6) is -0.416. The van der Waals surface area contributed by atoms with Gasteiger partial charge in [0.2, 0.25) is 0 Å². The topological polar surface area (TPSA) is 32.3 Å². The number of halogens is 2. The molecule has 1 saturated heterocycles. The van der Waals surface area contributed by atoms with Crippen molar-refractivity contribution in [1.82, 2.24) is 5.32 Å². The number of amides is 2. The fourth-order valence-electron chi connectivity index (χ4n) is 1.43. The molecule has 0 atom stereocenters. The van der Waals surface area contributed by atoms with Gasteiger partial charge in [-0.2, -0.15) is 0 Å². The minimum Gasteiger partial charge on any atom is -0.313 e. The highest BCUT2D eigenvalue weighted by Gasteiger charge is 2.37. The lowest BCUT2D eigenvalue weighted by Crippen LogP contribution is -2.31. The van der Waals surface area contributed by atoms with Gasteiger partial charge in [-0.25, -0.2) is 9.18 Å². The number of carbonyl (C=O) groups excluding carboxylic acids is 1. The first kappa shape index (κ1) is 12.1. The van der Waals surface area contributed by atoms with Crippen molar-refractivity contribution in [1.29, 1.82) is 0 Å². The van der Waals surface area contributed by atoms with E-state index in [1.807, 2.05) is 0 Å². The Balaban J connectivity index is 2.32. The zero-order valence-corrected chi connectivity index (χ0v) is 11.3. The number of anilines is 1. The molecule has 3 nitrogen and oxygen atoms in total. The summed E-state index contributed by atoms with van der Waals surface area (Å²) in [7, 11) is 0. The average molecular weight is 323 g/mol. The van der Waals surface area contributed by atoms with E-state index < -0.39 is 10.0 Å². The summed E-state index contributed by atoms with van der Waals surface area (Å²) >= 11 is 11.4. The summed E-state index contributed by atoms with van der Waals surface area (Å²) in [4.78, 5) is 13.0. The molecule has 0 unspecified atom stereocenters. The molecule has 0 spiro atoms. The first-order valence-electron chi connectivity index (χ1n) is 4.38. The number of thiol groups is 2. The van der Waals surface area contributed by atoms with E-state index in [4.69, 9.17) is 0 Å². The highest BCUT2D eigenvalue weighted by molar-refractivity contribution is 9.10. The van der Waals surface area contributed by atoms with Crippen LogP contribution in [0.5, 0.6) is 0 Å². The van der Waals surface area contributed by atoms with E-state index >= 15 is 0 Å². The summed E-state index contributed by atoms with van der Waals surface area (Å²) < 4.78 is 12.8. The monoisotopic (exact) mass is 322 g/mol. The highest BCUT2D eigenvalue weighted by atomic mass is 79.9. The van der Waals surface area contributed by atoms with Gasteiger partial charge in [0.25, 0.3) is 0 Å². The van der Waals surface area contributed by atoms with E-state index in [0.29, 0.717) is 10.2 Å². The van der Waals surface area contributed by atoms with Gasteiger partial charge in [0.15, 0.2) is 0 Å². The molecular formula is C9H8BrFN2OS2. The number of carbonyl (C=O) groups is 1. The third-order valence-electron chi connectivity index (χ3n) is 2.15. The van der Waals surface area contributed by atoms with E-state index in [1.165, 1.54) is 11.0 Å². The molecular weight excluding hydrogens is 315 g/mol. The maximum atomic E-state index is 13.3. The first-order chi connectivity index (χ1) is 7.39. The van der Waals surface area contributed by atoms with Crippen molar-refractivity contribution >= 4 is 52.9 Å². The van der Waals surface area contributed by atoms with Crippen LogP contribution in [0.1, 0.15) is 0 Å². The summed E-state index contributed by atoms with van der Waals surface area (Å²) in [6.45, 7) is 0.263. The predicted molar refractivity (Wildman–Crippen MR) is 70.7 cm³/mol. The van der Waals surface area contributed by atoms with Crippen molar-refractivity contribution in [2.75, 3.05) is 11.4 Å². The van der Waals surface area contributed by atoms with E-state index in [9.17, 15) is 9.18 Å². The second kappa shape index (κ2) is 4.12. The van der Waals surface area contributed by atoms with Gasteiger partial charge in [-0.3, -0.25) is 4.90 Å². The molecule has 1 aromatic carbocycles. The van der Waals surface area contributed by atoms with Gasteiger partial charge in [0.1, 0.15) is 10.0 Å². The Morgan fingerprint density at radius 3 is 2.69 bits per heavy atom. The van der Waals surface area contributed by atoms with Gasteiger partial charge >= 0.3 is 6.03 Å². The molecule has 0 saturated carbocycles. The van der Waals surface area contributed by atoms with Crippen LogP contribution in [0.4, 0.5) is 14.9 Å². The number of benzene rings is 1. The van der Waals surface area contributed by atoms with Crippen LogP contribution in [0.3, 0.4) is 0 Å². The SMILES string of the molecule is O=C1NC(S)(S)CN1c1ccc(Br)c(F)c1. The van der Waals surface area contributed by atoms with Crippen molar-refractivity contribution in [3.8, 4) is 0 Å². The molecule has 1 aliphatic heterocycles. The Morgan fingerprint density at radius 1 is 1.50 bits per heavy atom. The van der Waals surface area contributed by atoms with Gasteiger partial charge in [-0.1, -0.05) is 0 Å². The molecule has 1 N–H and O–H groups in total. The molecule has 1 fully saturated rings. The number of hydrogen-bond acceptors (Lipinski definition) is 3. The number of urea groups is 1. The van der Waals surface area contributed by atoms with Crippen molar-refractivity contribution in [3.63, 3.8) is 0 Å². The summed E-state index contributed by atoms with van der Waals surface area (Å²) in [5.41, 5.74) is 0.475. The molecule has 2 amide bonds. The third-order valence-corrected chi connectivity index (χ3v) is 3.30.